The molecule has 17 heavy (non-hydrogen) atoms. The number of carbonyl (C=O) groups excluding carboxylic acids is 1. The molecule has 0 saturated carbocycles. The lowest BCUT2D eigenvalue weighted by molar-refractivity contribution is -0.152. The molecule has 3 nitrogen and oxygen atoms in total. The Morgan fingerprint density at radius 2 is 2.06 bits per heavy atom. The zero-order chi connectivity index (χ0) is 13.2. The topological polar surface area (TPSA) is 52.3 Å². The van der Waals surface area contributed by atoms with Crippen LogP contribution in [0.2, 0.25) is 0 Å². The van der Waals surface area contributed by atoms with Crippen LogP contribution in [-0.4, -0.2) is 13.1 Å². The summed E-state index contributed by atoms with van der Waals surface area (Å²) in [7, 11) is 1.33. The molecule has 0 spiro atoms. The average Bonchev–Trinajstić information content (AvgIpc) is 2.30. The Morgan fingerprint density at radius 3 is 2.53 bits per heavy atom. The number of ether oxygens (including phenoxy) is 1. The van der Waals surface area contributed by atoms with Crippen molar-refractivity contribution in [2.24, 2.45) is 11.1 Å². The number of halogens is 1. The molecule has 0 aliphatic heterocycles. The molecule has 0 unspecified atom stereocenters. The number of rotatable bonds is 3. The normalized spacial score (nSPS) is 13.3. The Balaban J connectivity index is 3.07. The van der Waals surface area contributed by atoms with Crippen LogP contribution < -0.4 is 5.73 Å². The van der Waals surface area contributed by atoms with E-state index in [0.29, 0.717) is 5.56 Å². The van der Waals surface area contributed by atoms with Crippen LogP contribution in [0.4, 0.5) is 4.39 Å². The smallest absolute Gasteiger partial charge is 0.313 e. The first-order valence-electron chi connectivity index (χ1n) is 5.40. The molecule has 1 aromatic rings. The van der Waals surface area contributed by atoms with Crippen LogP contribution in [0.5, 0.6) is 0 Å². The third kappa shape index (κ3) is 2.64. The van der Waals surface area contributed by atoms with Gasteiger partial charge in [0.25, 0.3) is 0 Å². The Labute approximate surface area is 101 Å². The molecule has 0 fully saturated rings. The molecule has 4 heteroatoms. The molecule has 0 saturated heterocycles. The summed E-state index contributed by atoms with van der Waals surface area (Å²) in [5.74, 6) is -0.663. The van der Waals surface area contributed by atoms with E-state index in [9.17, 15) is 9.18 Å². The second-order valence-electron chi connectivity index (χ2n) is 4.70. The van der Waals surface area contributed by atoms with Gasteiger partial charge < -0.3 is 10.5 Å². The summed E-state index contributed by atoms with van der Waals surface area (Å²) in [5, 5.41) is 0. The molecular formula is C13H18FNO2. The summed E-state index contributed by atoms with van der Waals surface area (Å²) < 4.78 is 17.9. The molecule has 0 aliphatic rings. The van der Waals surface area contributed by atoms with Gasteiger partial charge in [0, 0.05) is 6.04 Å². The molecule has 0 amide bonds. The van der Waals surface area contributed by atoms with Gasteiger partial charge in [-0.05, 0) is 38.0 Å². The first-order chi connectivity index (χ1) is 7.80. The monoisotopic (exact) mass is 239 g/mol. The average molecular weight is 239 g/mol. The summed E-state index contributed by atoms with van der Waals surface area (Å²) in [6.07, 6.45) is 0. The highest BCUT2D eigenvalue weighted by atomic mass is 19.1. The quantitative estimate of drug-likeness (QED) is 0.824. The lowest BCUT2D eigenvalue weighted by Crippen LogP contribution is -2.37. The number of methoxy groups -OCH3 is 1. The fourth-order valence-corrected chi connectivity index (χ4v) is 1.67. The number of aryl methyl sites for hydroxylation is 1. The number of hydrogen-bond donors (Lipinski definition) is 1. The van der Waals surface area contributed by atoms with E-state index in [1.54, 1.807) is 32.9 Å². The standard InChI is InChI=1S/C13H18FNO2/c1-8-7-9(5-6-10(8)14)11(15)13(2,3)12(16)17-4/h5-7,11H,15H2,1-4H3/t11-/m0/s1. The summed E-state index contributed by atoms with van der Waals surface area (Å²) >= 11 is 0. The van der Waals surface area contributed by atoms with Crippen molar-refractivity contribution >= 4 is 5.97 Å². The van der Waals surface area contributed by atoms with E-state index < -0.39 is 11.5 Å². The number of hydrogen-bond acceptors (Lipinski definition) is 3. The largest absolute Gasteiger partial charge is 0.469 e. The molecule has 1 aromatic carbocycles. The summed E-state index contributed by atoms with van der Waals surface area (Å²) in [6.45, 7) is 5.08. The van der Waals surface area contributed by atoms with Gasteiger partial charge in [-0.15, -0.1) is 0 Å². The van der Waals surface area contributed by atoms with Gasteiger partial charge in [-0.2, -0.15) is 0 Å². The number of esters is 1. The molecule has 1 atom stereocenters. The van der Waals surface area contributed by atoms with Crippen LogP contribution >= 0.6 is 0 Å². The highest BCUT2D eigenvalue weighted by Gasteiger charge is 2.36. The molecule has 0 heterocycles. The molecule has 94 valence electrons. The van der Waals surface area contributed by atoms with Crippen molar-refractivity contribution in [3.05, 3.63) is 35.1 Å². The van der Waals surface area contributed by atoms with Crippen molar-refractivity contribution in [1.29, 1.82) is 0 Å². The van der Waals surface area contributed by atoms with Gasteiger partial charge in [-0.3, -0.25) is 4.79 Å². The Kier molecular flexibility index (Phi) is 3.88. The maximum atomic E-state index is 13.2. The maximum Gasteiger partial charge on any atom is 0.313 e. The van der Waals surface area contributed by atoms with E-state index in [2.05, 4.69) is 0 Å². The van der Waals surface area contributed by atoms with Crippen LogP contribution in [0, 0.1) is 18.2 Å². The first-order valence-corrected chi connectivity index (χ1v) is 5.40. The predicted molar refractivity (Wildman–Crippen MR) is 63.9 cm³/mol. The summed E-state index contributed by atoms with van der Waals surface area (Å²) in [4.78, 5) is 11.6. The van der Waals surface area contributed by atoms with E-state index >= 15 is 0 Å². The van der Waals surface area contributed by atoms with E-state index in [-0.39, 0.29) is 11.8 Å². The van der Waals surface area contributed by atoms with Crippen LogP contribution in [0.25, 0.3) is 0 Å². The minimum atomic E-state index is -0.848. The van der Waals surface area contributed by atoms with Crippen LogP contribution in [0.3, 0.4) is 0 Å². The minimum absolute atomic E-state index is 0.281. The predicted octanol–water partition coefficient (Wildman–Crippen LogP) is 2.33. The van der Waals surface area contributed by atoms with Crippen molar-refractivity contribution in [1.82, 2.24) is 0 Å². The number of benzene rings is 1. The Hall–Kier alpha value is -1.42. The van der Waals surface area contributed by atoms with Crippen molar-refractivity contribution < 1.29 is 13.9 Å². The van der Waals surface area contributed by atoms with Crippen molar-refractivity contribution in [2.45, 2.75) is 26.8 Å². The fourth-order valence-electron chi connectivity index (χ4n) is 1.67. The third-order valence-electron chi connectivity index (χ3n) is 3.03. The lowest BCUT2D eigenvalue weighted by atomic mass is 9.81. The highest BCUT2D eigenvalue weighted by molar-refractivity contribution is 5.77. The van der Waals surface area contributed by atoms with Gasteiger partial charge in [-0.25, -0.2) is 4.39 Å². The van der Waals surface area contributed by atoms with Crippen LogP contribution in [0.15, 0.2) is 18.2 Å². The minimum Gasteiger partial charge on any atom is -0.469 e. The molecule has 1 rings (SSSR count). The van der Waals surface area contributed by atoms with Gasteiger partial charge >= 0.3 is 5.97 Å². The zero-order valence-electron chi connectivity index (χ0n) is 10.6. The SMILES string of the molecule is COC(=O)C(C)(C)[C@@H](N)c1ccc(F)c(C)c1. The number of nitrogens with two attached hydrogens (primary N) is 1. The molecule has 0 aromatic heterocycles. The van der Waals surface area contributed by atoms with E-state index in [1.807, 2.05) is 0 Å². The van der Waals surface area contributed by atoms with Crippen molar-refractivity contribution in [3.63, 3.8) is 0 Å². The van der Waals surface area contributed by atoms with E-state index in [1.165, 1.54) is 13.2 Å². The zero-order valence-corrected chi connectivity index (χ0v) is 10.6. The van der Waals surface area contributed by atoms with Crippen LogP contribution in [-0.2, 0) is 9.53 Å². The van der Waals surface area contributed by atoms with Gasteiger partial charge in [0.1, 0.15) is 5.82 Å². The molecule has 0 bridgehead atoms. The Bertz CT molecular complexity index is 429. The fraction of sp³-hybridized carbons (Fsp3) is 0.462. The summed E-state index contributed by atoms with van der Waals surface area (Å²) in [6, 6.07) is 4.08. The Morgan fingerprint density at radius 1 is 1.47 bits per heavy atom. The first kappa shape index (κ1) is 13.6. The van der Waals surface area contributed by atoms with Gasteiger partial charge in [0.15, 0.2) is 0 Å². The molecule has 0 aliphatic carbocycles. The van der Waals surface area contributed by atoms with Crippen LogP contribution in [0.1, 0.15) is 31.0 Å². The van der Waals surface area contributed by atoms with Gasteiger partial charge in [0.05, 0.1) is 12.5 Å². The molecular weight excluding hydrogens is 221 g/mol. The maximum absolute atomic E-state index is 13.2. The molecule has 2 N–H and O–H groups in total. The number of carbonyl (C=O) groups is 1. The van der Waals surface area contributed by atoms with Crippen molar-refractivity contribution in [3.8, 4) is 0 Å². The summed E-state index contributed by atoms with van der Waals surface area (Å²) in [5.41, 5.74) is 6.43. The van der Waals surface area contributed by atoms with Gasteiger partial charge in [0.2, 0.25) is 0 Å². The second kappa shape index (κ2) is 4.84. The lowest BCUT2D eigenvalue weighted by Gasteiger charge is -2.29. The van der Waals surface area contributed by atoms with E-state index in [4.69, 9.17) is 10.5 Å². The van der Waals surface area contributed by atoms with Crippen molar-refractivity contribution in [2.75, 3.05) is 7.11 Å². The van der Waals surface area contributed by atoms with E-state index in [0.717, 1.165) is 5.56 Å². The second-order valence-corrected chi connectivity index (χ2v) is 4.70. The third-order valence-corrected chi connectivity index (χ3v) is 3.03. The van der Waals surface area contributed by atoms with Gasteiger partial charge in [-0.1, -0.05) is 12.1 Å². The molecule has 0 radical (unpaired) electrons. The highest BCUT2D eigenvalue weighted by Crippen LogP contribution is 2.33.